The molecule has 1 aliphatic heterocycles. The van der Waals surface area contributed by atoms with Gasteiger partial charge in [-0.15, -0.1) is 0 Å². The first-order valence-electron chi connectivity index (χ1n) is 12.7. The summed E-state index contributed by atoms with van der Waals surface area (Å²) in [6.07, 6.45) is -0.613. The monoisotopic (exact) mass is 569 g/mol. The number of aliphatic hydroxyl groups is 1. The molecule has 1 atom stereocenters. The van der Waals surface area contributed by atoms with Crippen LogP contribution in [-0.4, -0.2) is 79.7 Å². The van der Waals surface area contributed by atoms with Gasteiger partial charge in [0.1, 0.15) is 10.6 Å². The van der Waals surface area contributed by atoms with E-state index in [2.05, 4.69) is 15.5 Å². The van der Waals surface area contributed by atoms with E-state index in [9.17, 15) is 22.3 Å². The van der Waals surface area contributed by atoms with Crippen molar-refractivity contribution in [3.63, 3.8) is 0 Å². The SMILES string of the molecule is C[C@H]1COCCN1c1cc(C2(S(=O)(=O)CCCO)CCC2)nc(-c2ccc(NC(=S)NCC(F)F)cc2)n1. The third kappa shape index (κ3) is 6.22. The van der Waals surface area contributed by atoms with Gasteiger partial charge in [0.25, 0.3) is 6.43 Å². The molecule has 2 fully saturated rings. The zero-order valence-electron chi connectivity index (χ0n) is 21.2. The summed E-state index contributed by atoms with van der Waals surface area (Å²) < 4.78 is 56.2. The van der Waals surface area contributed by atoms with E-state index < -0.39 is 27.6 Å². The molecule has 38 heavy (non-hydrogen) atoms. The lowest BCUT2D eigenvalue weighted by molar-refractivity contribution is 0.0985. The van der Waals surface area contributed by atoms with Crippen molar-refractivity contribution in [1.29, 1.82) is 0 Å². The summed E-state index contributed by atoms with van der Waals surface area (Å²) in [6, 6.07) is 8.86. The van der Waals surface area contributed by atoms with Gasteiger partial charge in [-0.25, -0.2) is 27.2 Å². The van der Waals surface area contributed by atoms with Crippen LogP contribution < -0.4 is 15.5 Å². The molecule has 1 saturated carbocycles. The zero-order chi connectivity index (χ0) is 27.3. The number of nitrogens with zero attached hydrogens (tertiary/aromatic N) is 3. The Morgan fingerprint density at radius 3 is 2.63 bits per heavy atom. The second kappa shape index (κ2) is 12.1. The molecule has 208 valence electrons. The van der Waals surface area contributed by atoms with Crippen LogP contribution in [0.2, 0.25) is 0 Å². The van der Waals surface area contributed by atoms with Crippen LogP contribution in [0, 0.1) is 0 Å². The molecule has 0 spiro atoms. The smallest absolute Gasteiger partial charge is 0.255 e. The number of benzene rings is 1. The maximum Gasteiger partial charge on any atom is 0.255 e. The van der Waals surface area contributed by atoms with Crippen molar-refractivity contribution in [2.75, 3.05) is 48.9 Å². The van der Waals surface area contributed by atoms with Crippen LogP contribution in [0.5, 0.6) is 0 Å². The van der Waals surface area contributed by atoms with Gasteiger partial charge in [-0.2, -0.15) is 0 Å². The van der Waals surface area contributed by atoms with Crippen molar-refractivity contribution < 1.29 is 27.0 Å². The quantitative estimate of drug-likeness (QED) is 0.369. The van der Waals surface area contributed by atoms with E-state index in [1.54, 1.807) is 30.3 Å². The normalized spacial score (nSPS) is 19.2. The number of anilines is 2. The van der Waals surface area contributed by atoms with Gasteiger partial charge >= 0.3 is 0 Å². The molecule has 1 aromatic carbocycles. The van der Waals surface area contributed by atoms with Crippen molar-refractivity contribution in [1.82, 2.24) is 15.3 Å². The van der Waals surface area contributed by atoms with Gasteiger partial charge in [0.2, 0.25) is 0 Å². The molecule has 0 radical (unpaired) electrons. The number of rotatable bonds is 10. The minimum Gasteiger partial charge on any atom is -0.396 e. The highest BCUT2D eigenvalue weighted by Crippen LogP contribution is 2.49. The predicted octanol–water partition coefficient (Wildman–Crippen LogP) is 3.10. The van der Waals surface area contributed by atoms with Crippen molar-refractivity contribution >= 4 is 38.7 Å². The molecule has 0 amide bonds. The minimum atomic E-state index is -3.57. The number of hydrogen-bond donors (Lipinski definition) is 3. The number of ether oxygens (including phenoxy) is 1. The standard InChI is InChI=1S/C25H33F2N5O4S2/c1-17-16-36-12-10-32(17)22-14-20(25(8-2-9-25)38(34,35)13-3-11-33)30-23(31-22)18-4-6-19(7-5-18)29-24(37)28-15-21(26)27/h4-7,14,17,21,33H,2-3,8-13,15-16H2,1H3,(H2,28,29,37)/t17-/m0/s1. The summed E-state index contributed by atoms with van der Waals surface area (Å²) in [5.41, 5.74) is 1.74. The number of hydrogen-bond acceptors (Lipinski definition) is 8. The van der Waals surface area contributed by atoms with E-state index in [4.69, 9.17) is 26.9 Å². The first-order valence-corrected chi connectivity index (χ1v) is 14.7. The molecule has 1 saturated heterocycles. The first-order chi connectivity index (χ1) is 18.1. The number of thiocarbonyl (C=S) groups is 1. The number of halogens is 2. The van der Waals surface area contributed by atoms with Crippen LogP contribution in [0.3, 0.4) is 0 Å². The van der Waals surface area contributed by atoms with Crippen LogP contribution in [0.15, 0.2) is 30.3 Å². The fourth-order valence-corrected chi connectivity index (χ4v) is 7.17. The second-order valence-electron chi connectivity index (χ2n) is 9.60. The van der Waals surface area contributed by atoms with Gasteiger partial charge in [0.05, 0.1) is 37.2 Å². The average molecular weight is 570 g/mol. The molecule has 1 aromatic heterocycles. The number of aromatic nitrogens is 2. The molecule has 1 aliphatic carbocycles. The van der Waals surface area contributed by atoms with Crippen LogP contribution in [0.25, 0.3) is 11.4 Å². The molecule has 2 heterocycles. The molecule has 2 aliphatic rings. The van der Waals surface area contributed by atoms with Gasteiger partial charge in [-0.1, -0.05) is 0 Å². The van der Waals surface area contributed by atoms with E-state index in [1.807, 2.05) is 6.92 Å². The highest BCUT2D eigenvalue weighted by molar-refractivity contribution is 7.92. The largest absolute Gasteiger partial charge is 0.396 e. The van der Waals surface area contributed by atoms with E-state index in [1.165, 1.54) is 0 Å². The lowest BCUT2D eigenvalue weighted by atomic mass is 9.81. The fourth-order valence-electron chi connectivity index (χ4n) is 4.73. The summed E-state index contributed by atoms with van der Waals surface area (Å²) in [6.45, 7) is 2.99. The molecule has 9 nitrogen and oxygen atoms in total. The number of sulfone groups is 1. The number of morpholine rings is 1. The minimum absolute atomic E-state index is 0.0519. The summed E-state index contributed by atoms with van der Waals surface area (Å²) in [5.74, 6) is 0.931. The zero-order valence-corrected chi connectivity index (χ0v) is 22.8. The van der Waals surface area contributed by atoms with Crippen molar-refractivity contribution in [3.8, 4) is 11.4 Å². The molecule has 4 rings (SSSR count). The Morgan fingerprint density at radius 2 is 2.03 bits per heavy atom. The molecular formula is C25H33F2N5O4S2. The Balaban J connectivity index is 1.69. The molecule has 13 heteroatoms. The Kier molecular flexibility index (Phi) is 9.11. The van der Waals surface area contributed by atoms with Crippen LogP contribution in [-0.2, 0) is 19.3 Å². The Labute approximate surface area is 226 Å². The Hall–Kier alpha value is -2.48. The summed E-state index contributed by atoms with van der Waals surface area (Å²) in [4.78, 5) is 11.7. The Morgan fingerprint density at radius 1 is 1.29 bits per heavy atom. The maximum atomic E-state index is 13.5. The third-order valence-corrected chi connectivity index (χ3v) is 9.87. The molecule has 2 aromatic rings. The van der Waals surface area contributed by atoms with Crippen molar-refractivity contribution in [2.45, 2.75) is 49.8 Å². The number of alkyl halides is 2. The van der Waals surface area contributed by atoms with Crippen LogP contribution in [0.4, 0.5) is 20.3 Å². The van der Waals surface area contributed by atoms with Crippen molar-refractivity contribution in [3.05, 3.63) is 36.0 Å². The average Bonchev–Trinajstić information content (AvgIpc) is 2.86. The third-order valence-electron chi connectivity index (χ3n) is 6.99. The van der Waals surface area contributed by atoms with E-state index >= 15 is 0 Å². The van der Waals surface area contributed by atoms with Crippen LogP contribution >= 0.6 is 12.2 Å². The highest BCUT2D eigenvalue weighted by atomic mass is 32.2. The topological polar surface area (TPSA) is 117 Å². The Bertz CT molecular complexity index is 1230. The second-order valence-corrected chi connectivity index (χ2v) is 12.4. The lowest BCUT2D eigenvalue weighted by Gasteiger charge is -2.41. The summed E-state index contributed by atoms with van der Waals surface area (Å²) in [7, 11) is -3.57. The number of nitrogens with one attached hydrogen (secondary N) is 2. The van der Waals surface area contributed by atoms with E-state index in [-0.39, 0.29) is 29.9 Å². The van der Waals surface area contributed by atoms with Gasteiger partial charge in [-0.05, 0) is 69.1 Å². The molecular weight excluding hydrogens is 536 g/mol. The van der Waals surface area contributed by atoms with Crippen molar-refractivity contribution in [2.24, 2.45) is 0 Å². The first kappa shape index (κ1) is 28.5. The predicted molar refractivity (Wildman–Crippen MR) is 146 cm³/mol. The van der Waals surface area contributed by atoms with Gasteiger partial charge < -0.3 is 25.4 Å². The molecule has 3 N–H and O–H groups in total. The van der Waals surface area contributed by atoms with Gasteiger partial charge in [0, 0.05) is 30.5 Å². The van der Waals surface area contributed by atoms with E-state index in [0.717, 1.165) is 6.42 Å². The van der Waals surface area contributed by atoms with Crippen LogP contribution in [0.1, 0.15) is 38.3 Å². The van der Waals surface area contributed by atoms with Gasteiger partial charge in [-0.3, -0.25) is 0 Å². The van der Waals surface area contributed by atoms with E-state index in [0.29, 0.717) is 61.2 Å². The molecule has 0 unspecified atom stereocenters. The lowest BCUT2D eigenvalue weighted by Crippen LogP contribution is -2.46. The molecule has 0 bridgehead atoms. The number of aliphatic hydroxyl groups excluding tert-OH is 1. The van der Waals surface area contributed by atoms with Gasteiger partial charge in [0.15, 0.2) is 20.8 Å². The summed E-state index contributed by atoms with van der Waals surface area (Å²) in [5, 5.41) is 14.7. The summed E-state index contributed by atoms with van der Waals surface area (Å²) >= 11 is 5.06. The maximum absolute atomic E-state index is 13.5. The highest BCUT2D eigenvalue weighted by Gasteiger charge is 2.51. The fraction of sp³-hybridized carbons (Fsp3) is 0.560.